The van der Waals surface area contributed by atoms with Gasteiger partial charge in [-0.25, -0.2) is 0 Å². The van der Waals surface area contributed by atoms with Gasteiger partial charge in [0.05, 0.1) is 5.58 Å². The summed E-state index contributed by atoms with van der Waals surface area (Å²) in [5.41, 5.74) is 3.37. The molecule has 4 heteroatoms. The topological polar surface area (TPSA) is 38.9 Å². The molecule has 0 N–H and O–H groups in total. The Labute approximate surface area is 301 Å². The van der Waals surface area contributed by atoms with E-state index in [1.54, 1.807) is 12.3 Å². The van der Waals surface area contributed by atoms with Gasteiger partial charge in [0.2, 0.25) is 0 Å². The molecule has 0 aliphatic carbocycles. The molecule has 0 saturated carbocycles. The van der Waals surface area contributed by atoms with Crippen LogP contribution in [0.25, 0.3) is 66.0 Å². The van der Waals surface area contributed by atoms with Crippen molar-refractivity contribution in [2.75, 3.05) is 0 Å². The molecule has 5 aromatic carbocycles. The Morgan fingerprint density at radius 3 is 2.19 bits per heavy atom. The zero-order valence-electron chi connectivity index (χ0n) is 34.1. The standard InChI is InChI=1S/C27H18NO.C16H18N.Ir/c1-16-14-25(28-15-17(16)2)24-9-5-8-21-23-13-12-20-19-7-4-3-6-18(19)10-11-22(20)26(23)29-27(21)24;1-16(2,3)11-13-9-10-15(17-12-13)14-7-5-4-6-8-14;/h3-8,10-15H,1-2H3;4-7,9-10,12H,11H2,1-3H3;/q2*-1;/i1D3,2D3;11D2;. The van der Waals surface area contributed by atoms with Gasteiger partial charge in [0.25, 0.3) is 0 Å². The summed E-state index contributed by atoms with van der Waals surface area (Å²) in [6.45, 7) is 0.482. The molecule has 3 heterocycles. The molecule has 0 bridgehead atoms. The normalized spacial score (nSPS) is 14.8. The van der Waals surface area contributed by atoms with Crippen LogP contribution >= 0.6 is 0 Å². The maximum atomic E-state index is 8.21. The molecular formula is C43H36IrN2O-2. The van der Waals surface area contributed by atoms with Crippen LogP contribution in [0.4, 0.5) is 0 Å². The number of nitrogens with zero attached hydrogens (tertiary/aromatic N) is 2. The minimum atomic E-state index is -2.61. The van der Waals surface area contributed by atoms with E-state index in [2.05, 4.69) is 46.4 Å². The summed E-state index contributed by atoms with van der Waals surface area (Å²) in [7, 11) is 0. The minimum Gasteiger partial charge on any atom is -0.500 e. The van der Waals surface area contributed by atoms with E-state index in [0.717, 1.165) is 55.4 Å². The second-order valence-corrected chi connectivity index (χ2v) is 12.2. The molecule has 0 aliphatic heterocycles. The molecule has 235 valence electrons. The van der Waals surface area contributed by atoms with Crippen molar-refractivity contribution in [3.8, 4) is 22.5 Å². The summed E-state index contributed by atoms with van der Waals surface area (Å²) in [5, 5.41) is 6.08. The monoisotopic (exact) mass is 797 g/mol. The molecule has 8 aromatic rings. The number of hydrogen-bond acceptors (Lipinski definition) is 3. The third-order valence-corrected chi connectivity index (χ3v) is 7.75. The van der Waals surface area contributed by atoms with Crippen molar-refractivity contribution in [3.05, 3.63) is 144 Å². The fraction of sp³-hybridized carbons (Fsp3) is 0.163. The predicted octanol–water partition coefficient (Wildman–Crippen LogP) is 11.5. The summed E-state index contributed by atoms with van der Waals surface area (Å²) in [6, 6.07) is 38.9. The second kappa shape index (κ2) is 13.2. The van der Waals surface area contributed by atoms with Crippen LogP contribution in [0.15, 0.2) is 120 Å². The number of hydrogen-bond donors (Lipinski definition) is 0. The van der Waals surface area contributed by atoms with Gasteiger partial charge in [0.1, 0.15) is 5.58 Å². The van der Waals surface area contributed by atoms with Crippen molar-refractivity contribution in [2.45, 2.75) is 40.8 Å². The SMILES string of the molecule is [2H]C([2H])([2H])c1cnc(-c2[c-]ccc3c2oc2c3ccc3c4ccccc4ccc32)cc1C([2H])([2H])[2H].[2H]C([2H])(c1ccc(-c2[c-]cccc2)nc1)C(C)(C)C.[Ir]. The van der Waals surface area contributed by atoms with Crippen LogP contribution in [0, 0.1) is 31.3 Å². The number of furan rings is 1. The first kappa shape index (κ1) is 23.7. The van der Waals surface area contributed by atoms with Gasteiger partial charge < -0.3 is 14.4 Å². The Kier molecular flexibility index (Phi) is 6.66. The number of aromatic nitrogens is 2. The molecule has 8 rings (SSSR count). The van der Waals surface area contributed by atoms with Gasteiger partial charge in [-0.15, -0.1) is 54.1 Å². The van der Waals surface area contributed by atoms with Crippen LogP contribution in [0.5, 0.6) is 0 Å². The van der Waals surface area contributed by atoms with Crippen LogP contribution in [-0.4, -0.2) is 9.97 Å². The van der Waals surface area contributed by atoms with E-state index in [4.69, 9.17) is 15.4 Å². The van der Waals surface area contributed by atoms with Crippen LogP contribution in [0.1, 0.15) is 48.4 Å². The van der Waals surface area contributed by atoms with Gasteiger partial charge in [-0.1, -0.05) is 104 Å². The number of fused-ring (bicyclic) bond motifs is 7. The fourth-order valence-electron chi connectivity index (χ4n) is 5.68. The summed E-state index contributed by atoms with van der Waals surface area (Å²) in [5.74, 6) is 0. The Bertz CT molecular complexity index is 2640. The Morgan fingerprint density at radius 2 is 1.43 bits per heavy atom. The van der Waals surface area contributed by atoms with Crippen molar-refractivity contribution >= 4 is 43.5 Å². The van der Waals surface area contributed by atoms with Crippen LogP contribution in [-0.2, 0) is 26.5 Å². The molecule has 0 fully saturated rings. The number of pyridine rings is 2. The smallest absolute Gasteiger partial charge is 0.128 e. The molecule has 0 amide bonds. The van der Waals surface area contributed by atoms with Crippen molar-refractivity contribution in [1.82, 2.24) is 9.97 Å². The van der Waals surface area contributed by atoms with E-state index in [0.29, 0.717) is 22.4 Å². The maximum absolute atomic E-state index is 8.21. The van der Waals surface area contributed by atoms with Crippen LogP contribution < -0.4 is 0 Å². The molecule has 0 atom stereocenters. The zero-order chi connectivity index (χ0) is 38.6. The van der Waals surface area contributed by atoms with Crippen LogP contribution in [0.3, 0.4) is 0 Å². The molecular weight excluding hydrogens is 753 g/mol. The molecule has 3 nitrogen and oxygen atoms in total. The van der Waals surface area contributed by atoms with Gasteiger partial charge in [-0.2, -0.15) is 0 Å². The molecule has 3 aromatic heterocycles. The van der Waals surface area contributed by atoms with E-state index in [1.807, 2.05) is 87.5 Å². The average molecular weight is 797 g/mol. The molecule has 47 heavy (non-hydrogen) atoms. The van der Waals surface area contributed by atoms with Gasteiger partial charge in [-0.05, 0) is 64.2 Å². The van der Waals surface area contributed by atoms with E-state index >= 15 is 0 Å². The van der Waals surface area contributed by atoms with Gasteiger partial charge in [0, 0.05) is 54.2 Å². The molecule has 1 radical (unpaired) electrons. The largest absolute Gasteiger partial charge is 0.500 e. The number of benzene rings is 5. The third kappa shape index (κ3) is 6.63. The van der Waals surface area contributed by atoms with E-state index in [1.165, 1.54) is 6.07 Å². The van der Waals surface area contributed by atoms with Crippen molar-refractivity contribution in [1.29, 1.82) is 0 Å². The maximum Gasteiger partial charge on any atom is 0.128 e. The third-order valence-electron chi connectivity index (χ3n) is 7.75. The summed E-state index contributed by atoms with van der Waals surface area (Å²) < 4.78 is 69.6. The predicted molar refractivity (Wildman–Crippen MR) is 192 cm³/mol. The number of aryl methyl sites for hydroxylation is 2. The Morgan fingerprint density at radius 1 is 0.681 bits per heavy atom. The zero-order valence-corrected chi connectivity index (χ0v) is 28.5. The molecule has 0 aliphatic rings. The molecule has 0 saturated heterocycles. The minimum absolute atomic E-state index is 0. The number of rotatable bonds is 3. The first-order valence-corrected chi connectivity index (χ1v) is 15.1. The van der Waals surface area contributed by atoms with Gasteiger partial charge in [-0.3, -0.25) is 0 Å². The van der Waals surface area contributed by atoms with Crippen molar-refractivity contribution in [2.24, 2.45) is 5.41 Å². The fourth-order valence-corrected chi connectivity index (χ4v) is 5.68. The van der Waals surface area contributed by atoms with Gasteiger partial charge >= 0.3 is 0 Å². The Balaban J connectivity index is 0.000000219. The molecule has 0 unspecified atom stereocenters. The second-order valence-electron chi connectivity index (χ2n) is 12.2. The van der Waals surface area contributed by atoms with E-state index in [9.17, 15) is 0 Å². The van der Waals surface area contributed by atoms with Gasteiger partial charge in [0.15, 0.2) is 0 Å². The summed E-state index contributed by atoms with van der Waals surface area (Å²) in [6.07, 6.45) is 1.35. The van der Waals surface area contributed by atoms with E-state index < -0.39 is 25.5 Å². The van der Waals surface area contributed by atoms with Crippen LogP contribution in [0.2, 0.25) is 0 Å². The first-order chi connectivity index (χ1) is 25.4. The quantitative estimate of drug-likeness (QED) is 0.132. The average Bonchev–Trinajstić information content (AvgIpc) is 3.53. The molecule has 0 spiro atoms. The summed E-state index contributed by atoms with van der Waals surface area (Å²) in [4.78, 5) is 8.67. The summed E-state index contributed by atoms with van der Waals surface area (Å²) >= 11 is 0. The Hall–Kier alpha value is -4.63. The van der Waals surface area contributed by atoms with Crippen molar-refractivity contribution < 1.29 is 35.5 Å². The first-order valence-electron chi connectivity index (χ1n) is 19.1. The van der Waals surface area contributed by atoms with E-state index in [-0.39, 0.29) is 31.2 Å². The van der Waals surface area contributed by atoms with Crippen molar-refractivity contribution in [3.63, 3.8) is 0 Å².